The van der Waals surface area contributed by atoms with E-state index in [-0.39, 0.29) is 46.2 Å². The van der Waals surface area contributed by atoms with E-state index in [0.29, 0.717) is 32.5 Å². The fraction of sp³-hybridized carbons (Fsp3) is 0.400. The number of aromatic nitrogens is 3. The van der Waals surface area contributed by atoms with E-state index in [1.807, 2.05) is 22.8 Å². The van der Waals surface area contributed by atoms with Gasteiger partial charge in [-0.1, -0.05) is 6.07 Å². The van der Waals surface area contributed by atoms with Crippen LogP contribution in [0.3, 0.4) is 0 Å². The summed E-state index contributed by atoms with van der Waals surface area (Å²) in [6.45, 7) is 1.76. The first-order valence-electron chi connectivity index (χ1n) is 12.0. The van der Waals surface area contributed by atoms with E-state index in [1.165, 1.54) is 0 Å². The molecule has 35 heavy (non-hydrogen) atoms. The second kappa shape index (κ2) is 8.54. The van der Waals surface area contributed by atoms with Crippen LogP contribution in [-0.2, 0) is 24.2 Å². The maximum absolute atomic E-state index is 13.5. The van der Waals surface area contributed by atoms with Crippen LogP contribution in [0.2, 0.25) is 0 Å². The first-order valence-corrected chi connectivity index (χ1v) is 12.0. The van der Waals surface area contributed by atoms with Crippen LogP contribution in [0.15, 0.2) is 53.7 Å². The molecule has 3 aliphatic heterocycles. The molecule has 5 heterocycles. The van der Waals surface area contributed by atoms with Crippen molar-refractivity contribution >= 4 is 17.3 Å². The van der Waals surface area contributed by atoms with E-state index in [0.717, 1.165) is 29.1 Å². The second-order valence-electron chi connectivity index (χ2n) is 9.75. The van der Waals surface area contributed by atoms with Gasteiger partial charge in [0.15, 0.2) is 0 Å². The molecule has 3 N–H and O–H groups in total. The minimum Gasteiger partial charge on any atom is -0.733 e. The molecule has 4 unspecified atom stereocenters. The third-order valence-corrected chi connectivity index (χ3v) is 7.80. The van der Waals surface area contributed by atoms with E-state index in [2.05, 4.69) is 20.2 Å². The molecular formula is C25H27N6O4-. The van der Waals surface area contributed by atoms with E-state index in [9.17, 15) is 20.0 Å². The smallest absolute Gasteiger partial charge is 0.250 e. The van der Waals surface area contributed by atoms with Gasteiger partial charge in [-0.25, -0.2) is 4.98 Å². The lowest BCUT2D eigenvalue weighted by molar-refractivity contribution is -0.126. The van der Waals surface area contributed by atoms with E-state index in [1.54, 1.807) is 30.7 Å². The highest BCUT2D eigenvalue weighted by Gasteiger charge is 2.49. The van der Waals surface area contributed by atoms with E-state index < -0.39 is 0 Å². The number of anilines is 2. The molecule has 182 valence electrons. The quantitative estimate of drug-likeness (QED) is 0.480. The summed E-state index contributed by atoms with van der Waals surface area (Å²) in [5, 5.41) is 24.0. The number of amides is 1. The molecule has 1 amide bonds. The predicted octanol–water partition coefficient (Wildman–Crippen LogP) is 1.79. The van der Waals surface area contributed by atoms with Gasteiger partial charge in [-0.05, 0) is 48.6 Å². The number of fused-ring (bicyclic) bond motifs is 8. The zero-order valence-electron chi connectivity index (χ0n) is 19.1. The zero-order valence-corrected chi connectivity index (χ0v) is 19.1. The molecule has 10 nitrogen and oxygen atoms in total. The predicted molar refractivity (Wildman–Crippen MR) is 129 cm³/mol. The van der Waals surface area contributed by atoms with Crippen molar-refractivity contribution in [2.45, 2.75) is 37.8 Å². The summed E-state index contributed by atoms with van der Waals surface area (Å²) in [7, 11) is 0. The molecule has 2 bridgehead atoms. The average molecular weight is 476 g/mol. The Morgan fingerprint density at radius 1 is 1.29 bits per heavy atom. The van der Waals surface area contributed by atoms with Gasteiger partial charge in [-0.15, -0.1) is 0 Å². The number of carbonyl (C=O) groups excluding carboxylic acids is 1. The Morgan fingerprint density at radius 3 is 2.97 bits per heavy atom. The fourth-order valence-electron chi connectivity index (χ4n) is 6.33. The minimum absolute atomic E-state index is 0.00513. The lowest BCUT2D eigenvalue weighted by Crippen LogP contribution is -2.61. The average Bonchev–Trinajstić information content (AvgIpc) is 3.37. The third kappa shape index (κ3) is 3.78. The van der Waals surface area contributed by atoms with Gasteiger partial charge in [0.2, 0.25) is 5.91 Å². The van der Waals surface area contributed by atoms with Crippen LogP contribution in [-0.4, -0.2) is 44.8 Å². The Morgan fingerprint density at radius 2 is 2.17 bits per heavy atom. The number of nitrogens with one attached hydrogen (secondary N) is 2. The summed E-state index contributed by atoms with van der Waals surface area (Å²) in [6.07, 6.45) is 5.41. The van der Waals surface area contributed by atoms with Crippen LogP contribution in [0, 0.1) is 17.0 Å². The molecular weight excluding hydrogens is 448 g/mol. The summed E-state index contributed by atoms with van der Waals surface area (Å²) in [6, 6.07) is 10.5. The maximum Gasteiger partial charge on any atom is 0.250 e. The first-order chi connectivity index (χ1) is 17.0. The summed E-state index contributed by atoms with van der Waals surface area (Å²) in [5.74, 6) is -0.0534. The number of hydrogen-bond donors (Lipinski definition) is 3. The van der Waals surface area contributed by atoms with Crippen molar-refractivity contribution in [1.82, 2.24) is 19.9 Å². The molecule has 1 saturated heterocycles. The van der Waals surface area contributed by atoms with Crippen LogP contribution in [0.4, 0.5) is 11.4 Å². The van der Waals surface area contributed by atoms with Crippen molar-refractivity contribution in [3.63, 3.8) is 0 Å². The Labute approximate surface area is 201 Å². The number of aromatic amines is 1. The topological polar surface area (TPSA) is 130 Å². The van der Waals surface area contributed by atoms with Crippen molar-refractivity contribution in [2.75, 3.05) is 23.2 Å². The van der Waals surface area contributed by atoms with Crippen LogP contribution in [0.25, 0.3) is 0 Å². The van der Waals surface area contributed by atoms with Gasteiger partial charge in [-0.3, -0.25) is 14.8 Å². The van der Waals surface area contributed by atoms with Gasteiger partial charge in [0.1, 0.15) is 0 Å². The number of H-pyrrole nitrogens is 1. The highest BCUT2D eigenvalue weighted by Crippen LogP contribution is 2.47. The Balaban J connectivity index is 1.34. The number of nitrogens with zero attached hydrogens (tertiary/aromatic N) is 4. The molecule has 6 rings (SSSR count). The summed E-state index contributed by atoms with van der Waals surface area (Å²) in [5.41, 5.74) is 4.00. The molecule has 10 heteroatoms. The minimum atomic E-state index is -0.342. The molecule has 2 aromatic heterocycles. The van der Waals surface area contributed by atoms with Gasteiger partial charge in [0.25, 0.3) is 5.56 Å². The molecule has 0 aliphatic carbocycles. The summed E-state index contributed by atoms with van der Waals surface area (Å²) >= 11 is 0. The van der Waals surface area contributed by atoms with Gasteiger partial charge in [0, 0.05) is 67.4 Å². The summed E-state index contributed by atoms with van der Waals surface area (Å²) in [4.78, 5) is 35.5. The lowest BCUT2D eigenvalue weighted by Gasteiger charge is -2.54. The highest BCUT2D eigenvalue weighted by molar-refractivity contribution is 5.82. The summed E-state index contributed by atoms with van der Waals surface area (Å²) < 4.78 is 1.88. The van der Waals surface area contributed by atoms with Gasteiger partial charge >= 0.3 is 0 Å². The maximum atomic E-state index is 13.5. The number of imidazole rings is 1. The lowest BCUT2D eigenvalue weighted by atomic mass is 9.70. The van der Waals surface area contributed by atoms with Crippen molar-refractivity contribution in [2.24, 2.45) is 11.8 Å². The Kier molecular flexibility index (Phi) is 5.34. The third-order valence-electron chi connectivity index (χ3n) is 7.80. The standard InChI is InChI=1S/C25H27N6O4/c32-23-3-1-2-21-16-8-17(13-29(21)23)24-20(25(33)27-7-6-18-11-26-14-28-18)10-15-9-19(31(34)35)4-5-22(15)30(24)12-16/h1-5,9,11,14,16-17,20,24,34H,6-8,10,12-13H2,(H,26,28)(H,27,33)/q-1. The Bertz CT molecular complexity index is 1300. The second-order valence-corrected chi connectivity index (χ2v) is 9.75. The van der Waals surface area contributed by atoms with Crippen molar-refractivity contribution in [3.05, 3.63) is 81.4 Å². The SMILES string of the molecule is O=C(NCCc1cnc[nH]1)C1Cc2cc(N([O-])O)ccc2N2CC3CC(Cn4c3cccc4=O)C12. The number of benzene rings is 1. The molecule has 3 aromatic rings. The monoisotopic (exact) mass is 475 g/mol. The molecule has 0 spiro atoms. The van der Waals surface area contributed by atoms with Crippen molar-refractivity contribution in [1.29, 1.82) is 0 Å². The normalized spacial score (nSPS) is 24.2. The Hall–Kier alpha value is -3.63. The molecule has 0 radical (unpaired) electrons. The molecule has 1 fully saturated rings. The largest absolute Gasteiger partial charge is 0.733 e. The zero-order chi connectivity index (χ0) is 24.1. The van der Waals surface area contributed by atoms with E-state index >= 15 is 0 Å². The number of rotatable bonds is 5. The van der Waals surface area contributed by atoms with E-state index in [4.69, 9.17) is 0 Å². The van der Waals surface area contributed by atoms with Crippen LogP contribution >= 0.6 is 0 Å². The number of hydrogen-bond acceptors (Lipinski definition) is 7. The molecule has 4 atom stereocenters. The van der Waals surface area contributed by atoms with Gasteiger partial charge < -0.3 is 30.2 Å². The van der Waals surface area contributed by atoms with Crippen molar-refractivity contribution < 1.29 is 10.0 Å². The molecule has 3 aliphatic rings. The number of pyridine rings is 1. The first kappa shape index (κ1) is 21.9. The van der Waals surface area contributed by atoms with Gasteiger partial charge in [-0.2, -0.15) is 0 Å². The van der Waals surface area contributed by atoms with Crippen LogP contribution < -0.4 is 21.0 Å². The number of piperidine rings is 1. The molecule has 1 aromatic carbocycles. The van der Waals surface area contributed by atoms with Gasteiger partial charge in [0.05, 0.1) is 17.9 Å². The van der Waals surface area contributed by atoms with Crippen LogP contribution in [0.5, 0.6) is 0 Å². The highest BCUT2D eigenvalue weighted by atomic mass is 16.8. The van der Waals surface area contributed by atoms with Crippen molar-refractivity contribution in [3.8, 4) is 0 Å². The fourth-order valence-corrected chi connectivity index (χ4v) is 6.33. The van der Waals surface area contributed by atoms with Crippen LogP contribution in [0.1, 0.15) is 29.3 Å². The number of carbonyl (C=O) groups is 1. The molecule has 0 saturated carbocycles.